The highest BCUT2D eigenvalue weighted by molar-refractivity contribution is 5.76. The Balaban J connectivity index is 3.57. The molecule has 1 amide bonds. The van der Waals surface area contributed by atoms with Gasteiger partial charge in [0.05, 0.1) is 25.4 Å². The number of rotatable bonds is 44. The molecule has 0 spiro atoms. The first-order chi connectivity index (χ1) is 27.5. The van der Waals surface area contributed by atoms with Crippen LogP contribution < -0.4 is 5.32 Å². The zero-order valence-corrected chi connectivity index (χ0v) is 37.1. The molecule has 0 aromatic heterocycles. The highest BCUT2D eigenvalue weighted by Crippen LogP contribution is 2.14. The number of amides is 1. The number of ether oxygens (including phenoxy) is 1. The van der Waals surface area contributed by atoms with Crippen molar-refractivity contribution in [2.24, 2.45) is 0 Å². The van der Waals surface area contributed by atoms with E-state index in [2.05, 4.69) is 43.5 Å². The fourth-order valence-electron chi connectivity index (χ4n) is 7.09. The number of hydrogen-bond donors (Lipinski definition) is 3. The van der Waals surface area contributed by atoms with Gasteiger partial charge in [0.15, 0.2) is 0 Å². The lowest BCUT2D eigenvalue weighted by Crippen LogP contribution is -2.45. The van der Waals surface area contributed by atoms with Crippen LogP contribution in [-0.4, -0.2) is 47.4 Å². The lowest BCUT2D eigenvalue weighted by atomic mass is 10.0. The molecule has 0 aliphatic carbocycles. The Hall–Kier alpha value is -1.92. The summed E-state index contributed by atoms with van der Waals surface area (Å²) >= 11 is 0. The van der Waals surface area contributed by atoms with Crippen molar-refractivity contribution in [1.82, 2.24) is 5.32 Å². The maximum absolute atomic E-state index is 12.4. The molecular formula is C50H93NO5. The van der Waals surface area contributed by atoms with E-state index in [-0.39, 0.29) is 18.5 Å². The van der Waals surface area contributed by atoms with Crippen molar-refractivity contribution in [3.05, 3.63) is 36.5 Å². The predicted octanol–water partition coefficient (Wildman–Crippen LogP) is 14.1. The normalized spacial score (nSPS) is 13.0. The van der Waals surface area contributed by atoms with Crippen molar-refractivity contribution in [3.63, 3.8) is 0 Å². The van der Waals surface area contributed by atoms with Crippen molar-refractivity contribution in [3.8, 4) is 0 Å². The van der Waals surface area contributed by atoms with Crippen LogP contribution in [0.3, 0.4) is 0 Å². The van der Waals surface area contributed by atoms with Crippen LogP contribution in [-0.2, 0) is 14.3 Å². The van der Waals surface area contributed by atoms with E-state index in [1.165, 1.54) is 135 Å². The molecule has 0 aliphatic rings. The Bertz CT molecular complexity index is 915. The zero-order valence-electron chi connectivity index (χ0n) is 37.1. The minimum Gasteiger partial charge on any atom is -0.466 e. The number of carbonyl (C=O) groups is 2. The fourth-order valence-corrected chi connectivity index (χ4v) is 7.09. The lowest BCUT2D eigenvalue weighted by molar-refractivity contribution is -0.143. The highest BCUT2D eigenvalue weighted by Gasteiger charge is 2.18. The summed E-state index contributed by atoms with van der Waals surface area (Å²) in [6.07, 6.45) is 54.2. The van der Waals surface area contributed by atoms with Gasteiger partial charge in [-0.25, -0.2) is 0 Å². The lowest BCUT2D eigenvalue weighted by Gasteiger charge is -2.20. The molecule has 0 bridgehead atoms. The average Bonchev–Trinajstić information content (AvgIpc) is 3.20. The maximum atomic E-state index is 12.4. The molecule has 0 rings (SSSR count). The molecule has 0 saturated heterocycles. The molecule has 6 nitrogen and oxygen atoms in total. The summed E-state index contributed by atoms with van der Waals surface area (Å²) in [5.74, 6) is -0.130. The van der Waals surface area contributed by atoms with Crippen LogP contribution >= 0.6 is 0 Å². The topological polar surface area (TPSA) is 95.9 Å². The summed E-state index contributed by atoms with van der Waals surface area (Å²) in [4.78, 5) is 24.4. The summed E-state index contributed by atoms with van der Waals surface area (Å²) in [5, 5.41) is 23.0. The fraction of sp³-hybridized carbons (Fsp3) is 0.840. The first-order valence-electron chi connectivity index (χ1n) is 24.3. The van der Waals surface area contributed by atoms with E-state index in [0.717, 1.165) is 83.5 Å². The molecule has 56 heavy (non-hydrogen) atoms. The Labute approximate surface area is 347 Å². The molecule has 2 unspecified atom stereocenters. The minimum absolute atomic E-state index is 0.0353. The molecule has 0 aromatic carbocycles. The van der Waals surface area contributed by atoms with Crippen LogP contribution in [0.15, 0.2) is 36.5 Å². The van der Waals surface area contributed by atoms with Crippen LogP contribution in [0.25, 0.3) is 0 Å². The standard InChI is InChI=1S/C50H93NO5/c1-3-5-7-9-11-13-15-17-18-19-22-26-30-34-38-42-48(53)47(46-52)51-49(54)43-39-35-31-27-23-20-21-25-29-33-37-41-45-56-50(55)44-40-36-32-28-24-16-14-12-10-8-6-4-2/h12,14,21,25,38,42,47-48,52-53H,3-11,13,15-20,22-24,26-37,39-41,43-46H2,1-2H3,(H,51,54)/b14-12-,25-21-,42-38+. The van der Waals surface area contributed by atoms with E-state index in [0.29, 0.717) is 19.4 Å². The van der Waals surface area contributed by atoms with Gasteiger partial charge in [-0.1, -0.05) is 179 Å². The van der Waals surface area contributed by atoms with Gasteiger partial charge in [-0.05, 0) is 89.9 Å². The van der Waals surface area contributed by atoms with Gasteiger partial charge in [0.25, 0.3) is 0 Å². The number of aliphatic hydroxyl groups is 2. The molecular weight excluding hydrogens is 695 g/mol. The Morgan fingerprint density at radius 2 is 0.839 bits per heavy atom. The Morgan fingerprint density at radius 1 is 0.482 bits per heavy atom. The molecule has 328 valence electrons. The van der Waals surface area contributed by atoms with Gasteiger partial charge in [0.1, 0.15) is 0 Å². The number of esters is 1. The number of allylic oxidation sites excluding steroid dienone is 5. The smallest absolute Gasteiger partial charge is 0.305 e. The van der Waals surface area contributed by atoms with Crippen LogP contribution in [0.5, 0.6) is 0 Å². The zero-order chi connectivity index (χ0) is 40.8. The first kappa shape index (κ1) is 54.1. The molecule has 0 radical (unpaired) electrons. The van der Waals surface area contributed by atoms with Crippen molar-refractivity contribution in [2.75, 3.05) is 13.2 Å². The summed E-state index contributed by atoms with van der Waals surface area (Å²) in [5.41, 5.74) is 0. The first-order valence-corrected chi connectivity index (χ1v) is 24.3. The van der Waals surface area contributed by atoms with E-state index < -0.39 is 12.1 Å². The molecule has 3 N–H and O–H groups in total. The molecule has 2 atom stereocenters. The summed E-state index contributed by atoms with van der Waals surface area (Å²) < 4.78 is 5.42. The van der Waals surface area contributed by atoms with Gasteiger partial charge in [-0.2, -0.15) is 0 Å². The molecule has 0 saturated carbocycles. The Kier molecular flexibility index (Phi) is 44.2. The van der Waals surface area contributed by atoms with E-state index in [4.69, 9.17) is 4.74 Å². The largest absolute Gasteiger partial charge is 0.466 e. The van der Waals surface area contributed by atoms with Gasteiger partial charge in [-0.15, -0.1) is 0 Å². The molecule has 0 heterocycles. The third-order valence-corrected chi connectivity index (χ3v) is 10.9. The van der Waals surface area contributed by atoms with Crippen LogP contribution in [0.2, 0.25) is 0 Å². The summed E-state index contributed by atoms with van der Waals surface area (Å²) in [7, 11) is 0. The third kappa shape index (κ3) is 41.7. The Morgan fingerprint density at radius 3 is 1.30 bits per heavy atom. The second kappa shape index (κ2) is 45.8. The van der Waals surface area contributed by atoms with E-state index in [9.17, 15) is 19.8 Å². The SMILES string of the molecule is CCCCC/C=C\CCCCCCCC(=O)OCCCCC/C=C\CCCCCCCC(=O)NC(CO)C(O)/C=C/CCCCCCCCCCCCCCC. The van der Waals surface area contributed by atoms with E-state index >= 15 is 0 Å². The molecule has 0 aromatic rings. The molecule has 6 heteroatoms. The van der Waals surface area contributed by atoms with Crippen molar-refractivity contribution in [1.29, 1.82) is 0 Å². The van der Waals surface area contributed by atoms with Crippen LogP contribution in [0, 0.1) is 0 Å². The van der Waals surface area contributed by atoms with Crippen molar-refractivity contribution >= 4 is 11.9 Å². The number of hydrogen-bond acceptors (Lipinski definition) is 5. The van der Waals surface area contributed by atoms with Crippen molar-refractivity contribution in [2.45, 2.75) is 257 Å². The van der Waals surface area contributed by atoms with Gasteiger partial charge < -0.3 is 20.3 Å². The number of unbranched alkanes of at least 4 members (excludes halogenated alkanes) is 29. The number of aliphatic hydroxyl groups excluding tert-OH is 2. The average molecular weight is 788 g/mol. The predicted molar refractivity (Wildman–Crippen MR) is 241 cm³/mol. The minimum atomic E-state index is -0.860. The van der Waals surface area contributed by atoms with Gasteiger partial charge >= 0.3 is 5.97 Å². The summed E-state index contributed by atoms with van der Waals surface area (Å²) in [6, 6.07) is -0.646. The number of nitrogens with one attached hydrogen (secondary N) is 1. The highest BCUT2D eigenvalue weighted by atomic mass is 16.5. The van der Waals surface area contributed by atoms with Crippen molar-refractivity contribution < 1.29 is 24.5 Å². The monoisotopic (exact) mass is 788 g/mol. The number of carbonyl (C=O) groups excluding carboxylic acids is 2. The maximum Gasteiger partial charge on any atom is 0.305 e. The van der Waals surface area contributed by atoms with Crippen LogP contribution in [0.4, 0.5) is 0 Å². The second-order valence-corrected chi connectivity index (χ2v) is 16.4. The van der Waals surface area contributed by atoms with E-state index in [1.807, 2.05) is 6.08 Å². The van der Waals surface area contributed by atoms with Gasteiger partial charge in [0, 0.05) is 12.8 Å². The van der Waals surface area contributed by atoms with Gasteiger partial charge in [-0.3, -0.25) is 9.59 Å². The molecule has 0 fully saturated rings. The summed E-state index contributed by atoms with van der Waals surface area (Å²) in [6.45, 7) is 4.80. The second-order valence-electron chi connectivity index (χ2n) is 16.4. The van der Waals surface area contributed by atoms with E-state index in [1.54, 1.807) is 6.08 Å². The quantitative estimate of drug-likeness (QED) is 0.0325. The van der Waals surface area contributed by atoms with Crippen LogP contribution in [0.1, 0.15) is 245 Å². The third-order valence-electron chi connectivity index (χ3n) is 10.9. The van der Waals surface area contributed by atoms with Gasteiger partial charge in [0.2, 0.25) is 5.91 Å². The molecule has 0 aliphatic heterocycles.